The van der Waals surface area contributed by atoms with Gasteiger partial charge >= 0.3 is 0 Å². The van der Waals surface area contributed by atoms with Crippen LogP contribution in [-0.4, -0.2) is 18.0 Å². The SMILES string of the molecule is Nc1cccc(CN2CCCC(c3ccccc3)CC2)c1. The highest BCUT2D eigenvalue weighted by molar-refractivity contribution is 5.40. The van der Waals surface area contributed by atoms with Gasteiger partial charge in [0.05, 0.1) is 0 Å². The molecule has 1 atom stereocenters. The maximum Gasteiger partial charge on any atom is 0.0317 e. The van der Waals surface area contributed by atoms with Crippen LogP contribution < -0.4 is 5.73 Å². The summed E-state index contributed by atoms with van der Waals surface area (Å²) >= 11 is 0. The van der Waals surface area contributed by atoms with Crippen LogP contribution in [0.5, 0.6) is 0 Å². The summed E-state index contributed by atoms with van der Waals surface area (Å²) in [6.45, 7) is 3.39. The molecule has 0 bridgehead atoms. The molecule has 0 aliphatic carbocycles. The van der Waals surface area contributed by atoms with Crippen molar-refractivity contribution >= 4 is 5.69 Å². The highest BCUT2D eigenvalue weighted by atomic mass is 15.1. The molecule has 0 amide bonds. The van der Waals surface area contributed by atoms with Gasteiger partial charge in [-0.3, -0.25) is 4.90 Å². The summed E-state index contributed by atoms with van der Waals surface area (Å²) < 4.78 is 0. The quantitative estimate of drug-likeness (QED) is 0.860. The summed E-state index contributed by atoms with van der Waals surface area (Å²) in [6, 6.07) is 19.3. The lowest BCUT2D eigenvalue weighted by Gasteiger charge is -2.20. The first kappa shape index (κ1) is 14.2. The van der Waals surface area contributed by atoms with Crippen molar-refractivity contribution in [2.75, 3.05) is 18.8 Å². The van der Waals surface area contributed by atoms with Crippen molar-refractivity contribution in [3.05, 3.63) is 65.7 Å². The van der Waals surface area contributed by atoms with Crippen LogP contribution in [0.1, 0.15) is 36.3 Å². The molecule has 1 fully saturated rings. The number of anilines is 1. The largest absolute Gasteiger partial charge is 0.399 e. The van der Waals surface area contributed by atoms with E-state index in [9.17, 15) is 0 Å². The Kier molecular flexibility index (Phi) is 4.56. The molecule has 21 heavy (non-hydrogen) atoms. The van der Waals surface area contributed by atoms with E-state index in [1.165, 1.54) is 43.5 Å². The van der Waals surface area contributed by atoms with Gasteiger partial charge in [-0.2, -0.15) is 0 Å². The van der Waals surface area contributed by atoms with Gasteiger partial charge in [0.1, 0.15) is 0 Å². The summed E-state index contributed by atoms with van der Waals surface area (Å²) in [7, 11) is 0. The summed E-state index contributed by atoms with van der Waals surface area (Å²) in [6.07, 6.45) is 3.84. The number of nitrogen functional groups attached to an aromatic ring is 1. The molecule has 1 aliphatic heterocycles. The Bertz CT molecular complexity index is 565. The van der Waals surface area contributed by atoms with Crippen LogP contribution >= 0.6 is 0 Å². The Morgan fingerprint density at radius 1 is 0.952 bits per heavy atom. The highest BCUT2D eigenvalue weighted by Crippen LogP contribution is 2.28. The highest BCUT2D eigenvalue weighted by Gasteiger charge is 2.18. The molecule has 2 aromatic carbocycles. The van der Waals surface area contributed by atoms with Gasteiger partial charge in [-0.15, -0.1) is 0 Å². The van der Waals surface area contributed by atoms with E-state index in [2.05, 4.69) is 53.4 Å². The van der Waals surface area contributed by atoms with E-state index in [-0.39, 0.29) is 0 Å². The molecule has 2 heteroatoms. The number of hydrogen-bond donors (Lipinski definition) is 1. The van der Waals surface area contributed by atoms with E-state index in [0.29, 0.717) is 0 Å². The molecule has 0 radical (unpaired) electrons. The van der Waals surface area contributed by atoms with Gasteiger partial charge in [0.25, 0.3) is 0 Å². The third kappa shape index (κ3) is 3.85. The molecule has 3 rings (SSSR count). The minimum Gasteiger partial charge on any atom is -0.399 e. The number of nitrogens with zero attached hydrogens (tertiary/aromatic N) is 1. The van der Waals surface area contributed by atoms with Crippen molar-refractivity contribution in [3.8, 4) is 0 Å². The molecule has 1 aliphatic rings. The summed E-state index contributed by atoms with van der Waals surface area (Å²) in [5, 5.41) is 0. The second-order valence-electron chi connectivity index (χ2n) is 6.06. The van der Waals surface area contributed by atoms with E-state index >= 15 is 0 Å². The fourth-order valence-electron chi connectivity index (χ4n) is 3.32. The molecule has 0 saturated carbocycles. The van der Waals surface area contributed by atoms with Crippen molar-refractivity contribution in [1.82, 2.24) is 4.90 Å². The molecular weight excluding hydrogens is 256 g/mol. The Hall–Kier alpha value is -1.80. The van der Waals surface area contributed by atoms with Crippen molar-refractivity contribution in [1.29, 1.82) is 0 Å². The fourth-order valence-corrected chi connectivity index (χ4v) is 3.32. The minimum absolute atomic E-state index is 0.719. The third-order valence-corrected chi connectivity index (χ3v) is 4.45. The fraction of sp³-hybridized carbons (Fsp3) is 0.368. The Morgan fingerprint density at radius 2 is 1.81 bits per heavy atom. The zero-order valence-corrected chi connectivity index (χ0v) is 12.5. The molecule has 0 aromatic heterocycles. The second kappa shape index (κ2) is 6.77. The molecule has 110 valence electrons. The molecule has 2 N–H and O–H groups in total. The monoisotopic (exact) mass is 280 g/mol. The van der Waals surface area contributed by atoms with Gasteiger partial charge in [-0.25, -0.2) is 0 Å². The summed E-state index contributed by atoms with van der Waals surface area (Å²) in [5.74, 6) is 0.719. The molecule has 2 aromatic rings. The van der Waals surface area contributed by atoms with Gasteiger partial charge in [-0.1, -0.05) is 42.5 Å². The number of hydrogen-bond acceptors (Lipinski definition) is 2. The van der Waals surface area contributed by atoms with Crippen LogP contribution in [0.4, 0.5) is 5.69 Å². The van der Waals surface area contributed by atoms with Gasteiger partial charge < -0.3 is 5.73 Å². The first-order valence-electron chi connectivity index (χ1n) is 7.93. The van der Waals surface area contributed by atoms with Gasteiger partial charge in [0, 0.05) is 12.2 Å². The smallest absolute Gasteiger partial charge is 0.0317 e. The third-order valence-electron chi connectivity index (χ3n) is 4.45. The van der Waals surface area contributed by atoms with E-state index in [0.717, 1.165) is 18.2 Å². The maximum absolute atomic E-state index is 5.87. The van der Waals surface area contributed by atoms with Crippen LogP contribution in [0.25, 0.3) is 0 Å². The Labute approximate surface area is 127 Å². The predicted molar refractivity (Wildman–Crippen MR) is 89.2 cm³/mol. The number of rotatable bonds is 3. The lowest BCUT2D eigenvalue weighted by molar-refractivity contribution is 0.276. The van der Waals surface area contributed by atoms with E-state index < -0.39 is 0 Å². The second-order valence-corrected chi connectivity index (χ2v) is 6.06. The first-order chi connectivity index (χ1) is 10.3. The zero-order chi connectivity index (χ0) is 14.5. The van der Waals surface area contributed by atoms with E-state index in [4.69, 9.17) is 5.73 Å². The van der Waals surface area contributed by atoms with E-state index in [1.807, 2.05) is 6.07 Å². The number of likely N-dealkylation sites (tertiary alicyclic amines) is 1. The minimum atomic E-state index is 0.719. The molecule has 2 nitrogen and oxygen atoms in total. The van der Waals surface area contributed by atoms with Crippen molar-refractivity contribution in [3.63, 3.8) is 0 Å². The molecular formula is C19H24N2. The molecule has 1 unspecified atom stereocenters. The average Bonchev–Trinajstić information content (AvgIpc) is 2.74. The van der Waals surface area contributed by atoms with Gasteiger partial charge in [0.15, 0.2) is 0 Å². The van der Waals surface area contributed by atoms with Gasteiger partial charge in [0.2, 0.25) is 0 Å². The van der Waals surface area contributed by atoms with Crippen LogP contribution in [0.3, 0.4) is 0 Å². The van der Waals surface area contributed by atoms with Crippen LogP contribution in [0.15, 0.2) is 54.6 Å². The van der Waals surface area contributed by atoms with Gasteiger partial charge in [-0.05, 0) is 61.5 Å². The lowest BCUT2D eigenvalue weighted by Crippen LogP contribution is -2.24. The molecule has 1 heterocycles. The average molecular weight is 280 g/mol. The van der Waals surface area contributed by atoms with Crippen LogP contribution in [0, 0.1) is 0 Å². The van der Waals surface area contributed by atoms with Crippen molar-refractivity contribution in [2.45, 2.75) is 31.7 Å². The normalized spacial score (nSPS) is 20.1. The number of nitrogens with two attached hydrogens (primary N) is 1. The Balaban J connectivity index is 1.61. The van der Waals surface area contributed by atoms with E-state index in [1.54, 1.807) is 0 Å². The zero-order valence-electron chi connectivity index (χ0n) is 12.5. The van der Waals surface area contributed by atoms with Crippen molar-refractivity contribution in [2.24, 2.45) is 0 Å². The Morgan fingerprint density at radius 3 is 2.62 bits per heavy atom. The molecule has 1 saturated heterocycles. The summed E-state index contributed by atoms with van der Waals surface area (Å²) in [4.78, 5) is 2.57. The summed E-state index contributed by atoms with van der Waals surface area (Å²) in [5.41, 5.74) is 9.57. The topological polar surface area (TPSA) is 29.3 Å². The molecule has 0 spiro atoms. The number of benzene rings is 2. The van der Waals surface area contributed by atoms with Crippen LogP contribution in [0.2, 0.25) is 0 Å². The lowest BCUT2D eigenvalue weighted by atomic mass is 9.92. The first-order valence-corrected chi connectivity index (χ1v) is 7.93. The maximum atomic E-state index is 5.87. The van der Waals surface area contributed by atoms with Crippen molar-refractivity contribution < 1.29 is 0 Å². The predicted octanol–water partition coefficient (Wildman–Crippen LogP) is 4.04. The standard InChI is InChI=1S/C19H24N2/c20-19-10-4-6-16(14-19)15-21-12-5-9-18(11-13-21)17-7-2-1-3-8-17/h1-4,6-8,10,14,18H,5,9,11-13,15,20H2. The van der Waals surface area contributed by atoms with Crippen LogP contribution in [-0.2, 0) is 6.54 Å².